The first kappa shape index (κ1) is 26.5. The molecule has 0 spiro atoms. The number of sulfone groups is 1. The average molecular weight is 517 g/mol. The number of anilines is 1. The van der Waals surface area contributed by atoms with Crippen molar-refractivity contribution in [3.63, 3.8) is 0 Å². The van der Waals surface area contributed by atoms with E-state index in [2.05, 4.69) is 22.1 Å². The summed E-state index contributed by atoms with van der Waals surface area (Å²) in [4.78, 5) is 21.6. The molecule has 2 aliphatic carbocycles. The van der Waals surface area contributed by atoms with Crippen molar-refractivity contribution in [2.45, 2.75) is 55.9 Å². The molecule has 1 heterocycles. The SMILES string of the molecule is CN(C)[C@]1(c2cccc(F)c2)CC[C@@](C)(CN(C(=O)NCC2CC2)c2ccc(S(C)(=O)=O)cn2)CC1. The summed E-state index contributed by atoms with van der Waals surface area (Å²) in [6.07, 6.45) is 8.07. The van der Waals surface area contributed by atoms with Gasteiger partial charge in [0.05, 0.1) is 4.90 Å². The third-order valence-electron chi connectivity index (χ3n) is 7.95. The molecule has 1 aromatic carbocycles. The number of benzene rings is 1. The molecule has 196 valence electrons. The number of rotatable bonds is 8. The third-order valence-corrected chi connectivity index (χ3v) is 9.05. The number of nitrogens with zero attached hydrogens (tertiary/aromatic N) is 3. The van der Waals surface area contributed by atoms with Crippen LogP contribution in [0.3, 0.4) is 0 Å². The van der Waals surface area contributed by atoms with Gasteiger partial charge in [0.2, 0.25) is 0 Å². The Hall–Kier alpha value is -2.52. The van der Waals surface area contributed by atoms with Gasteiger partial charge in [-0.2, -0.15) is 0 Å². The molecule has 2 aromatic rings. The Labute approximate surface area is 214 Å². The Morgan fingerprint density at radius 2 is 1.83 bits per heavy atom. The lowest BCUT2D eigenvalue weighted by molar-refractivity contribution is 0.0456. The summed E-state index contributed by atoms with van der Waals surface area (Å²) in [5, 5.41) is 3.04. The van der Waals surface area contributed by atoms with E-state index in [1.54, 1.807) is 23.1 Å². The van der Waals surface area contributed by atoms with E-state index in [0.29, 0.717) is 24.8 Å². The highest BCUT2D eigenvalue weighted by molar-refractivity contribution is 7.90. The molecule has 2 saturated carbocycles. The van der Waals surface area contributed by atoms with Gasteiger partial charge in [-0.1, -0.05) is 19.1 Å². The van der Waals surface area contributed by atoms with Crippen molar-refractivity contribution in [2.24, 2.45) is 11.3 Å². The molecular formula is C27H37FN4O3S. The summed E-state index contributed by atoms with van der Waals surface area (Å²) in [6.45, 7) is 3.28. The molecule has 7 nitrogen and oxygen atoms in total. The van der Waals surface area contributed by atoms with Crippen LogP contribution in [0.25, 0.3) is 0 Å². The van der Waals surface area contributed by atoms with Gasteiger partial charge in [-0.05, 0) is 93.8 Å². The van der Waals surface area contributed by atoms with E-state index in [1.807, 2.05) is 20.2 Å². The second-order valence-electron chi connectivity index (χ2n) is 11.1. The van der Waals surface area contributed by atoms with Crippen molar-refractivity contribution >= 4 is 21.7 Å². The van der Waals surface area contributed by atoms with Crippen LogP contribution in [-0.2, 0) is 15.4 Å². The van der Waals surface area contributed by atoms with Crippen LogP contribution in [-0.4, -0.2) is 57.8 Å². The smallest absolute Gasteiger partial charge is 0.323 e. The van der Waals surface area contributed by atoms with E-state index >= 15 is 0 Å². The maximum absolute atomic E-state index is 14.1. The first-order valence-corrected chi connectivity index (χ1v) is 14.5. The number of pyridine rings is 1. The number of hydrogen-bond donors (Lipinski definition) is 1. The van der Waals surface area contributed by atoms with Gasteiger partial charge in [0.25, 0.3) is 0 Å². The van der Waals surface area contributed by atoms with Gasteiger partial charge in [-0.3, -0.25) is 9.80 Å². The highest BCUT2D eigenvalue weighted by Gasteiger charge is 2.44. The van der Waals surface area contributed by atoms with Crippen LogP contribution in [0.2, 0.25) is 0 Å². The van der Waals surface area contributed by atoms with Gasteiger partial charge in [0.15, 0.2) is 9.84 Å². The Morgan fingerprint density at radius 3 is 2.36 bits per heavy atom. The van der Waals surface area contributed by atoms with E-state index in [1.165, 1.54) is 18.3 Å². The molecule has 0 atom stereocenters. The number of urea groups is 1. The van der Waals surface area contributed by atoms with E-state index in [0.717, 1.165) is 50.3 Å². The molecule has 2 fully saturated rings. The quantitative estimate of drug-likeness (QED) is 0.555. The Bertz CT molecular complexity index is 1190. The minimum atomic E-state index is -3.38. The molecule has 1 aromatic heterocycles. The number of halogens is 1. The second kappa shape index (κ2) is 10.1. The van der Waals surface area contributed by atoms with Gasteiger partial charge in [0.1, 0.15) is 11.6 Å². The zero-order valence-electron chi connectivity index (χ0n) is 21.6. The van der Waals surface area contributed by atoms with Crippen molar-refractivity contribution in [3.8, 4) is 0 Å². The molecule has 0 aliphatic heterocycles. The van der Waals surface area contributed by atoms with Crippen LogP contribution in [0.5, 0.6) is 0 Å². The predicted octanol–water partition coefficient (Wildman–Crippen LogP) is 4.59. The number of carbonyl (C=O) groups is 1. The summed E-state index contributed by atoms with van der Waals surface area (Å²) in [7, 11) is 0.699. The molecule has 0 saturated heterocycles. The zero-order valence-corrected chi connectivity index (χ0v) is 22.4. The monoisotopic (exact) mass is 516 g/mol. The molecule has 2 amide bonds. The van der Waals surface area contributed by atoms with Gasteiger partial charge >= 0.3 is 6.03 Å². The fraction of sp³-hybridized carbons (Fsp3) is 0.556. The molecule has 36 heavy (non-hydrogen) atoms. The topological polar surface area (TPSA) is 82.6 Å². The lowest BCUT2D eigenvalue weighted by atomic mass is 9.65. The van der Waals surface area contributed by atoms with E-state index in [9.17, 15) is 17.6 Å². The first-order chi connectivity index (χ1) is 16.9. The molecule has 0 radical (unpaired) electrons. The number of aromatic nitrogens is 1. The molecule has 4 rings (SSSR count). The van der Waals surface area contributed by atoms with E-state index < -0.39 is 9.84 Å². The van der Waals surface area contributed by atoms with Crippen molar-refractivity contribution in [2.75, 3.05) is 38.3 Å². The van der Waals surface area contributed by atoms with Crippen molar-refractivity contribution in [1.82, 2.24) is 15.2 Å². The highest BCUT2D eigenvalue weighted by Crippen LogP contribution is 2.48. The van der Waals surface area contributed by atoms with Crippen LogP contribution in [0.15, 0.2) is 47.5 Å². The van der Waals surface area contributed by atoms with Gasteiger partial charge in [0, 0.05) is 31.1 Å². The molecule has 9 heteroatoms. The number of nitrogens with one attached hydrogen (secondary N) is 1. The lowest BCUT2D eigenvalue weighted by Gasteiger charge is -2.50. The second-order valence-corrected chi connectivity index (χ2v) is 13.1. The Kier molecular flexibility index (Phi) is 7.44. The summed E-state index contributed by atoms with van der Waals surface area (Å²) < 4.78 is 37.9. The maximum atomic E-state index is 14.1. The van der Waals surface area contributed by atoms with Crippen molar-refractivity contribution in [3.05, 3.63) is 54.0 Å². The van der Waals surface area contributed by atoms with Gasteiger partial charge in [-0.15, -0.1) is 0 Å². The van der Waals surface area contributed by atoms with Crippen molar-refractivity contribution in [1.29, 1.82) is 0 Å². The minimum Gasteiger partial charge on any atom is -0.337 e. The molecular weight excluding hydrogens is 479 g/mol. The fourth-order valence-corrected chi connectivity index (χ4v) is 5.80. The predicted molar refractivity (Wildman–Crippen MR) is 139 cm³/mol. The average Bonchev–Trinajstić information content (AvgIpc) is 3.66. The molecule has 2 aliphatic rings. The van der Waals surface area contributed by atoms with E-state index in [-0.39, 0.29) is 27.7 Å². The van der Waals surface area contributed by atoms with E-state index in [4.69, 9.17) is 0 Å². The largest absolute Gasteiger partial charge is 0.337 e. The molecule has 0 unspecified atom stereocenters. The van der Waals surface area contributed by atoms with Crippen LogP contribution in [0, 0.1) is 17.2 Å². The van der Waals surface area contributed by atoms with Crippen molar-refractivity contribution < 1.29 is 17.6 Å². The highest BCUT2D eigenvalue weighted by atomic mass is 32.2. The summed E-state index contributed by atoms with van der Waals surface area (Å²) in [5.74, 6) is 0.740. The fourth-order valence-electron chi connectivity index (χ4n) is 5.24. The Morgan fingerprint density at radius 1 is 1.14 bits per heavy atom. The van der Waals surface area contributed by atoms with Crippen LogP contribution in [0.1, 0.15) is 51.0 Å². The third kappa shape index (κ3) is 5.89. The molecule has 0 bridgehead atoms. The van der Waals surface area contributed by atoms with Gasteiger partial charge in [-0.25, -0.2) is 22.6 Å². The standard InChI is InChI=1S/C27H37FN4O3S/c1-26(12-14-27(15-13-26,31(2)3)21-6-5-7-22(28)16-21)19-32(25(33)30-17-20-8-9-20)24-11-10-23(18-29-24)36(4,34)35/h5-7,10-11,16,18,20H,8-9,12-15,17,19H2,1-4H3,(H,30,33)/t26-,27-. The number of carbonyl (C=O) groups excluding carboxylic acids is 1. The first-order valence-electron chi connectivity index (χ1n) is 12.6. The lowest BCUT2D eigenvalue weighted by Crippen LogP contribution is -2.51. The zero-order chi connectivity index (χ0) is 26.1. The summed E-state index contributed by atoms with van der Waals surface area (Å²) >= 11 is 0. The maximum Gasteiger partial charge on any atom is 0.323 e. The minimum absolute atomic E-state index is 0.124. The normalized spacial score (nSPS) is 24.5. The Balaban J connectivity index is 1.55. The number of hydrogen-bond acceptors (Lipinski definition) is 5. The van der Waals surface area contributed by atoms with Gasteiger partial charge < -0.3 is 5.32 Å². The summed E-state index contributed by atoms with van der Waals surface area (Å²) in [6, 6.07) is 9.77. The van der Waals surface area contributed by atoms with Crippen LogP contribution >= 0.6 is 0 Å². The number of amides is 2. The van der Waals surface area contributed by atoms with Crippen LogP contribution < -0.4 is 10.2 Å². The summed E-state index contributed by atoms with van der Waals surface area (Å²) in [5.41, 5.74) is 0.531. The molecule has 1 N–H and O–H groups in total. The van der Waals surface area contributed by atoms with Crippen LogP contribution in [0.4, 0.5) is 15.0 Å².